The Morgan fingerprint density at radius 3 is 2.68 bits per heavy atom. The van der Waals surface area contributed by atoms with E-state index in [0.29, 0.717) is 6.42 Å². The van der Waals surface area contributed by atoms with Crippen LogP contribution in [-0.4, -0.2) is 15.9 Å². The number of amides is 1. The highest BCUT2D eigenvalue weighted by atomic mass is 16.1. The second kappa shape index (κ2) is 6.26. The normalized spacial score (nSPS) is 10.4. The molecule has 0 fully saturated rings. The van der Waals surface area contributed by atoms with Gasteiger partial charge in [-0.1, -0.05) is 42.5 Å². The van der Waals surface area contributed by atoms with Gasteiger partial charge in [0, 0.05) is 16.9 Å². The first kappa shape index (κ1) is 14.1. The number of nitrogens with zero attached hydrogens (tertiary/aromatic N) is 1. The van der Waals surface area contributed by atoms with Crippen molar-refractivity contribution in [3.05, 3.63) is 72.2 Å². The van der Waals surface area contributed by atoms with Gasteiger partial charge in [-0.2, -0.15) is 0 Å². The third-order valence-electron chi connectivity index (χ3n) is 3.46. The van der Waals surface area contributed by atoms with Crippen LogP contribution in [0.1, 0.15) is 11.3 Å². The molecule has 4 heteroatoms. The van der Waals surface area contributed by atoms with Crippen LogP contribution in [-0.2, 0) is 11.2 Å². The number of aryl methyl sites for hydroxylation is 1. The predicted octanol–water partition coefficient (Wildman–Crippen LogP) is 3.57. The maximum atomic E-state index is 12.1. The van der Waals surface area contributed by atoms with Gasteiger partial charge in [0.1, 0.15) is 0 Å². The molecule has 0 aliphatic rings. The maximum absolute atomic E-state index is 12.1. The lowest BCUT2D eigenvalue weighted by molar-refractivity contribution is -0.115. The van der Waals surface area contributed by atoms with Gasteiger partial charge in [-0.3, -0.25) is 4.79 Å². The summed E-state index contributed by atoms with van der Waals surface area (Å²) in [6.45, 7) is 1.98. The number of nitrogens with one attached hydrogen (secondary N) is 2. The number of rotatable bonds is 4. The summed E-state index contributed by atoms with van der Waals surface area (Å²) in [5.74, 6) is -0.0258. The molecule has 2 aromatic carbocycles. The molecule has 110 valence electrons. The van der Waals surface area contributed by atoms with Gasteiger partial charge in [-0.15, -0.1) is 0 Å². The molecule has 0 radical (unpaired) electrons. The molecule has 3 rings (SSSR count). The molecule has 1 amide bonds. The number of anilines is 1. The van der Waals surface area contributed by atoms with Crippen LogP contribution in [0.2, 0.25) is 0 Å². The molecule has 0 unspecified atom stereocenters. The first-order valence-corrected chi connectivity index (χ1v) is 7.16. The highest BCUT2D eigenvalue weighted by molar-refractivity contribution is 5.92. The van der Waals surface area contributed by atoms with Crippen molar-refractivity contribution in [2.45, 2.75) is 13.3 Å². The fraction of sp³-hybridized carbons (Fsp3) is 0.111. The van der Waals surface area contributed by atoms with Crippen LogP contribution in [0, 0.1) is 6.92 Å². The van der Waals surface area contributed by atoms with Gasteiger partial charge in [0.15, 0.2) is 0 Å². The molecule has 1 heterocycles. The minimum absolute atomic E-state index is 0.0258. The predicted molar refractivity (Wildman–Crippen MR) is 87.5 cm³/mol. The molecule has 0 aliphatic heterocycles. The quantitative estimate of drug-likeness (QED) is 0.772. The molecule has 4 nitrogen and oxygen atoms in total. The van der Waals surface area contributed by atoms with Gasteiger partial charge < -0.3 is 10.3 Å². The number of imidazole rings is 1. The van der Waals surface area contributed by atoms with Gasteiger partial charge in [-0.05, 0) is 24.6 Å². The topological polar surface area (TPSA) is 57.8 Å². The first-order valence-electron chi connectivity index (χ1n) is 7.16. The highest BCUT2D eigenvalue weighted by Crippen LogP contribution is 2.23. The van der Waals surface area contributed by atoms with E-state index in [9.17, 15) is 4.79 Å². The molecule has 0 aliphatic carbocycles. The zero-order valence-electron chi connectivity index (χ0n) is 12.3. The van der Waals surface area contributed by atoms with Gasteiger partial charge in [0.2, 0.25) is 5.91 Å². The number of hydrogen-bond donors (Lipinski definition) is 2. The summed E-state index contributed by atoms with van der Waals surface area (Å²) < 4.78 is 0. The average molecular weight is 291 g/mol. The minimum Gasteiger partial charge on any atom is -0.348 e. The van der Waals surface area contributed by atoms with E-state index >= 15 is 0 Å². The van der Waals surface area contributed by atoms with E-state index in [1.807, 2.05) is 61.5 Å². The Balaban J connectivity index is 1.73. The Morgan fingerprint density at radius 2 is 1.95 bits per heavy atom. The summed E-state index contributed by atoms with van der Waals surface area (Å²) in [6, 6.07) is 17.4. The lowest BCUT2D eigenvalue weighted by Gasteiger charge is -2.07. The van der Waals surface area contributed by atoms with Gasteiger partial charge >= 0.3 is 0 Å². The van der Waals surface area contributed by atoms with E-state index in [-0.39, 0.29) is 5.91 Å². The van der Waals surface area contributed by atoms with Crippen molar-refractivity contribution in [1.29, 1.82) is 0 Å². The van der Waals surface area contributed by atoms with Crippen molar-refractivity contribution in [2.75, 3.05) is 5.32 Å². The van der Waals surface area contributed by atoms with Crippen LogP contribution in [0.4, 0.5) is 5.69 Å². The van der Waals surface area contributed by atoms with Crippen molar-refractivity contribution in [1.82, 2.24) is 9.97 Å². The summed E-state index contributed by atoms with van der Waals surface area (Å²) in [5, 5.41) is 2.94. The van der Waals surface area contributed by atoms with Crippen LogP contribution >= 0.6 is 0 Å². The second-order valence-electron chi connectivity index (χ2n) is 5.17. The van der Waals surface area contributed by atoms with E-state index < -0.39 is 0 Å². The number of H-pyrrole nitrogens is 1. The van der Waals surface area contributed by atoms with Gasteiger partial charge in [0.05, 0.1) is 18.4 Å². The molecule has 0 saturated heterocycles. The Bertz CT molecular complexity index is 778. The Kier molecular flexibility index (Phi) is 4.01. The van der Waals surface area contributed by atoms with Crippen LogP contribution in [0.3, 0.4) is 0 Å². The van der Waals surface area contributed by atoms with E-state index in [0.717, 1.165) is 28.2 Å². The summed E-state index contributed by atoms with van der Waals surface area (Å²) in [7, 11) is 0. The van der Waals surface area contributed by atoms with Crippen LogP contribution < -0.4 is 5.32 Å². The molecule has 1 aromatic heterocycles. The molecular formula is C18H17N3O. The van der Waals surface area contributed by atoms with Crippen LogP contribution in [0.25, 0.3) is 11.3 Å². The standard InChI is InChI=1S/C18H17N3O/c1-13-18(20-12-19-13)15-8-5-9-16(11-15)21-17(22)10-14-6-3-2-4-7-14/h2-9,11-12H,10H2,1H3,(H,19,20)(H,21,22). The third-order valence-corrected chi connectivity index (χ3v) is 3.46. The minimum atomic E-state index is -0.0258. The monoisotopic (exact) mass is 291 g/mol. The van der Waals surface area contributed by atoms with E-state index in [4.69, 9.17) is 0 Å². The first-order chi connectivity index (χ1) is 10.7. The summed E-state index contributed by atoms with van der Waals surface area (Å²) in [4.78, 5) is 19.5. The van der Waals surface area contributed by atoms with Gasteiger partial charge in [0.25, 0.3) is 0 Å². The SMILES string of the molecule is Cc1[nH]cnc1-c1cccc(NC(=O)Cc2ccccc2)c1. The molecule has 22 heavy (non-hydrogen) atoms. The fourth-order valence-electron chi connectivity index (χ4n) is 2.38. The third kappa shape index (κ3) is 3.23. The van der Waals surface area contributed by atoms with E-state index in [2.05, 4.69) is 15.3 Å². The second-order valence-corrected chi connectivity index (χ2v) is 5.17. The Morgan fingerprint density at radius 1 is 1.14 bits per heavy atom. The largest absolute Gasteiger partial charge is 0.348 e. The summed E-state index contributed by atoms with van der Waals surface area (Å²) in [6.07, 6.45) is 2.04. The van der Waals surface area contributed by atoms with Crippen LogP contribution in [0.5, 0.6) is 0 Å². The van der Waals surface area contributed by atoms with Crippen molar-refractivity contribution >= 4 is 11.6 Å². The molecule has 0 bridgehead atoms. The highest BCUT2D eigenvalue weighted by Gasteiger charge is 2.07. The number of benzene rings is 2. The average Bonchev–Trinajstić information content (AvgIpc) is 2.94. The zero-order chi connectivity index (χ0) is 15.4. The number of hydrogen-bond acceptors (Lipinski definition) is 2. The zero-order valence-corrected chi connectivity index (χ0v) is 12.3. The van der Waals surface area contributed by atoms with Crippen molar-refractivity contribution in [2.24, 2.45) is 0 Å². The molecule has 0 atom stereocenters. The Labute approximate surface area is 129 Å². The lowest BCUT2D eigenvalue weighted by atomic mass is 10.1. The number of carbonyl (C=O) groups excluding carboxylic acids is 1. The van der Waals surface area contributed by atoms with Crippen LogP contribution in [0.15, 0.2) is 60.9 Å². The van der Waals surface area contributed by atoms with E-state index in [1.54, 1.807) is 6.33 Å². The van der Waals surface area contributed by atoms with E-state index in [1.165, 1.54) is 0 Å². The number of aromatic nitrogens is 2. The number of carbonyl (C=O) groups is 1. The van der Waals surface area contributed by atoms with Gasteiger partial charge in [-0.25, -0.2) is 4.98 Å². The summed E-state index contributed by atoms with van der Waals surface area (Å²) >= 11 is 0. The lowest BCUT2D eigenvalue weighted by Crippen LogP contribution is -2.14. The van der Waals surface area contributed by atoms with Crippen molar-refractivity contribution in [3.8, 4) is 11.3 Å². The van der Waals surface area contributed by atoms with Crippen molar-refractivity contribution in [3.63, 3.8) is 0 Å². The Hall–Kier alpha value is -2.88. The van der Waals surface area contributed by atoms with Crippen molar-refractivity contribution < 1.29 is 4.79 Å². The molecule has 0 saturated carbocycles. The molecule has 2 N–H and O–H groups in total. The maximum Gasteiger partial charge on any atom is 0.228 e. The fourth-order valence-corrected chi connectivity index (χ4v) is 2.38. The smallest absolute Gasteiger partial charge is 0.228 e. The summed E-state index contributed by atoms with van der Waals surface area (Å²) in [5.41, 5.74) is 4.67. The number of aromatic amines is 1. The molecule has 3 aromatic rings. The molecule has 0 spiro atoms. The molecular weight excluding hydrogens is 274 g/mol.